The Hall–Kier alpha value is -1.67. The molecule has 0 fully saturated rings. The second kappa shape index (κ2) is 5.32. The van der Waals surface area contributed by atoms with Gasteiger partial charge in [0, 0.05) is 18.1 Å². The standard InChI is InChI=1S/C10H13N5OS2/c1-5-13-3-6(17-5)4-14-9(16)7-8(11)15-10(12-2)18-7/h3H,4,11H2,1-2H3,(H,12,15)(H,14,16). The summed E-state index contributed by atoms with van der Waals surface area (Å²) in [6.07, 6.45) is 1.76. The molecule has 18 heavy (non-hydrogen) atoms. The zero-order chi connectivity index (χ0) is 13.1. The lowest BCUT2D eigenvalue weighted by atomic mass is 10.4. The summed E-state index contributed by atoms with van der Waals surface area (Å²) in [6.45, 7) is 2.38. The molecule has 0 aliphatic carbocycles. The van der Waals surface area contributed by atoms with Crippen molar-refractivity contribution < 1.29 is 4.79 Å². The van der Waals surface area contributed by atoms with E-state index in [1.807, 2.05) is 6.92 Å². The molecule has 0 saturated carbocycles. The Morgan fingerprint density at radius 2 is 2.28 bits per heavy atom. The Morgan fingerprint density at radius 3 is 2.83 bits per heavy atom. The lowest BCUT2D eigenvalue weighted by Crippen LogP contribution is -2.22. The molecule has 96 valence electrons. The number of amides is 1. The van der Waals surface area contributed by atoms with Gasteiger partial charge in [-0.25, -0.2) is 9.97 Å². The lowest BCUT2D eigenvalue weighted by Gasteiger charge is -2.00. The molecule has 0 radical (unpaired) electrons. The SMILES string of the molecule is CNc1nc(N)c(C(=O)NCc2cnc(C)s2)s1. The summed E-state index contributed by atoms with van der Waals surface area (Å²) in [5.41, 5.74) is 5.68. The van der Waals surface area contributed by atoms with Gasteiger partial charge in [0.15, 0.2) is 5.13 Å². The fourth-order valence-electron chi connectivity index (χ4n) is 1.34. The fourth-order valence-corrected chi connectivity index (χ4v) is 2.83. The van der Waals surface area contributed by atoms with Gasteiger partial charge in [0.2, 0.25) is 0 Å². The highest BCUT2D eigenvalue weighted by atomic mass is 32.1. The Labute approximate surface area is 112 Å². The minimum absolute atomic E-state index is 0.211. The summed E-state index contributed by atoms with van der Waals surface area (Å²) >= 11 is 2.79. The Morgan fingerprint density at radius 1 is 1.50 bits per heavy atom. The summed E-state index contributed by atoms with van der Waals surface area (Å²) in [4.78, 5) is 21.5. The number of carbonyl (C=O) groups excluding carboxylic acids is 1. The largest absolute Gasteiger partial charge is 0.382 e. The number of nitrogens with two attached hydrogens (primary N) is 1. The van der Waals surface area contributed by atoms with Crippen LogP contribution in [0.1, 0.15) is 19.6 Å². The molecule has 2 rings (SSSR count). The molecule has 0 spiro atoms. The summed E-state index contributed by atoms with van der Waals surface area (Å²) in [5.74, 6) is 0.0416. The minimum atomic E-state index is -0.211. The van der Waals surface area contributed by atoms with Gasteiger partial charge in [0.05, 0.1) is 11.6 Å². The van der Waals surface area contributed by atoms with Crippen molar-refractivity contribution in [3.05, 3.63) is 21.0 Å². The van der Waals surface area contributed by atoms with Crippen LogP contribution in [0.15, 0.2) is 6.20 Å². The van der Waals surface area contributed by atoms with E-state index in [1.165, 1.54) is 11.3 Å². The predicted octanol–water partition coefficient (Wildman–Crippen LogP) is 1.46. The van der Waals surface area contributed by atoms with E-state index in [0.29, 0.717) is 16.6 Å². The van der Waals surface area contributed by atoms with Crippen LogP contribution < -0.4 is 16.4 Å². The molecule has 0 aromatic carbocycles. The molecule has 2 heterocycles. The first-order valence-electron chi connectivity index (χ1n) is 5.23. The summed E-state index contributed by atoms with van der Waals surface area (Å²) in [5, 5.41) is 7.27. The number of hydrogen-bond donors (Lipinski definition) is 3. The number of nitrogen functional groups attached to an aromatic ring is 1. The first-order chi connectivity index (χ1) is 8.60. The van der Waals surface area contributed by atoms with Crippen LogP contribution in [0.2, 0.25) is 0 Å². The Balaban J connectivity index is 2.01. The number of nitrogens with one attached hydrogen (secondary N) is 2. The van der Waals surface area contributed by atoms with E-state index in [2.05, 4.69) is 20.6 Å². The third-order valence-electron chi connectivity index (χ3n) is 2.17. The number of anilines is 2. The molecule has 6 nitrogen and oxygen atoms in total. The van der Waals surface area contributed by atoms with Gasteiger partial charge >= 0.3 is 0 Å². The smallest absolute Gasteiger partial charge is 0.265 e. The molecule has 4 N–H and O–H groups in total. The number of carbonyl (C=O) groups is 1. The molecule has 0 bridgehead atoms. The van der Waals surface area contributed by atoms with Crippen LogP contribution in [0.3, 0.4) is 0 Å². The van der Waals surface area contributed by atoms with Crippen molar-refractivity contribution in [1.29, 1.82) is 0 Å². The Kier molecular flexibility index (Phi) is 3.78. The van der Waals surface area contributed by atoms with Crippen molar-refractivity contribution in [2.75, 3.05) is 18.1 Å². The van der Waals surface area contributed by atoms with E-state index in [1.54, 1.807) is 24.6 Å². The molecule has 2 aromatic rings. The van der Waals surface area contributed by atoms with Gasteiger partial charge in [-0.1, -0.05) is 11.3 Å². The van der Waals surface area contributed by atoms with Gasteiger partial charge in [-0.05, 0) is 6.92 Å². The first kappa shape index (κ1) is 12.8. The highest BCUT2D eigenvalue weighted by Gasteiger charge is 2.15. The number of rotatable bonds is 4. The topological polar surface area (TPSA) is 92.9 Å². The van der Waals surface area contributed by atoms with E-state index >= 15 is 0 Å². The summed E-state index contributed by atoms with van der Waals surface area (Å²) in [6, 6.07) is 0. The maximum absolute atomic E-state index is 11.9. The zero-order valence-corrected chi connectivity index (χ0v) is 11.6. The Bertz CT molecular complexity index is 562. The molecule has 0 unspecified atom stereocenters. The van der Waals surface area contributed by atoms with Crippen LogP contribution in [0.4, 0.5) is 10.9 Å². The lowest BCUT2D eigenvalue weighted by molar-refractivity contribution is 0.0956. The quantitative estimate of drug-likeness (QED) is 0.790. The monoisotopic (exact) mass is 283 g/mol. The third kappa shape index (κ3) is 2.77. The minimum Gasteiger partial charge on any atom is -0.382 e. The van der Waals surface area contributed by atoms with Gasteiger partial charge < -0.3 is 16.4 Å². The molecule has 0 atom stereocenters. The van der Waals surface area contributed by atoms with Crippen molar-refractivity contribution in [2.45, 2.75) is 13.5 Å². The molecule has 8 heteroatoms. The van der Waals surface area contributed by atoms with E-state index in [9.17, 15) is 4.79 Å². The van der Waals surface area contributed by atoms with Gasteiger partial charge in [-0.3, -0.25) is 4.79 Å². The number of aromatic nitrogens is 2. The zero-order valence-electron chi connectivity index (χ0n) is 9.98. The normalized spacial score (nSPS) is 10.3. The van der Waals surface area contributed by atoms with Gasteiger partial charge in [-0.2, -0.15) is 0 Å². The second-order valence-corrected chi connectivity index (χ2v) is 5.83. The van der Waals surface area contributed by atoms with Crippen molar-refractivity contribution in [2.24, 2.45) is 0 Å². The highest BCUT2D eigenvalue weighted by molar-refractivity contribution is 7.18. The molecular formula is C10H13N5OS2. The van der Waals surface area contributed by atoms with Gasteiger partial charge in [0.25, 0.3) is 5.91 Å². The van der Waals surface area contributed by atoms with E-state index in [-0.39, 0.29) is 11.7 Å². The maximum Gasteiger partial charge on any atom is 0.265 e. The van der Waals surface area contributed by atoms with Gasteiger partial charge in [-0.15, -0.1) is 11.3 Å². The van der Waals surface area contributed by atoms with Crippen LogP contribution in [0.5, 0.6) is 0 Å². The van der Waals surface area contributed by atoms with E-state index in [0.717, 1.165) is 9.88 Å². The van der Waals surface area contributed by atoms with Crippen LogP contribution >= 0.6 is 22.7 Å². The van der Waals surface area contributed by atoms with E-state index in [4.69, 9.17) is 5.73 Å². The molecule has 0 aliphatic rings. The second-order valence-electron chi connectivity index (χ2n) is 3.51. The number of hydrogen-bond acceptors (Lipinski definition) is 7. The maximum atomic E-state index is 11.9. The summed E-state index contributed by atoms with van der Waals surface area (Å²) < 4.78 is 0. The fraction of sp³-hybridized carbons (Fsp3) is 0.300. The van der Waals surface area contributed by atoms with Crippen molar-refractivity contribution >= 4 is 39.5 Å². The van der Waals surface area contributed by atoms with Crippen LogP contribution in [0.25, 0.3) is 0 Å². The van der Waals surface area contributed by atoms with Crippen molar-refractivity contribution in [3.8, 4) is 0 Å². The van der Waals surface area contributed by atoms with Crippen LogP contribution in [-0.2, 0) is 6.54 Å². The van der Waals surface area contributed by atoms with Gasteiger partial charge in [0.1, 0.15) is 10.7 Å². The van der Waals surface area contributed by atoms with E-state index < -0.39 is 0 Å². The molecule has 2 aromatic heterocycles. The third-order valence-corrected chi connectivity index (χ3v) is 4.17. The van der Waals surface area contributed by atoms with Crippen molar-refractivity contribution in [1.82, 2.24) is 15.3 Å². The van der Waals surface area contributed by atoms with Crippen LogP contribution in [0, 0.1) is 6.92 Å². The average Bonchev–Trinajstić information content (AvgIpc) is 2.92. The highest BCUT2D eigenvalue weighted by Crippen LogP contribution is 2.24. The number of nitrogens with zero attached hydrogens (tertiary/aromatic N) is 2. The first-order valence-corrected chi connectivity index (χ1v) is 6.87. The predicted molar refractivity (Wildman–Crippen MR) is 74.1 cm³/mol. The van der Waals surface area contributed by atoms with Crippen LogP contribution in [-0.4, -0.2) is 22.9 Å². The molecule has 0 aliphatic heterocycles. The molecule has 1 amide bonds. The number of thiazole rings is 2. The molecule has 0 saturated heterocycles. The molecular weight excluding hydrogens is 270 g/mol. The number of aryl methyl sites for hydroxylation is 1. The summed E-state index contributed by atoms with van der Waals surface area (Å²) in [7, 11) is 1.74. The average molecular weight is 283 g/mol. The van der Waals surface area contributed by atoms with Crippen molar-refractivity contribution in [3.63, 3.8) is 0 Å².